The van der Waals surface area contributed by atoms with Gasteiger partial charge in [0.05, 0.1) is 31.2 Å². The van der Waals surface area contributed by atoms with Crippen molar-refractivity contribution in [2.45, 2.75) is 65.5 Å². The third-order valence-corrected chi connectivity index (χ3v) is 8.08. The van der Waals surface area contributed by atoms with Crippen molar-refractivity contribution in [1.29, 1.82) is 0 Å². The SMILES string of the molecule is C=C(C)C(=O)NCCCN.C=CC(=O)OCC(COCC(COC(=O)C=C)(COC(=O)C=C)COC(=O)CC)(COC(=O)C=C)COC(=O)C=C.COC(=O)C(C)(C)N=NC(C)(C)C(=O)C=O.Cl. The fourth-order valence-corrected chi connectivity index (χ4v) is 3.92. The lowest BCUT2D eigenvalue weighted by atomic mass is 9.90. The molecule has 0 saturated heterocycles. The number of nitrogens with zero attached hydrogens (tertiary/aromatic N) is 2. The molecule has 0 aliphatic carbocycles. The number of aldehydes is 1. The number of azo groups is 1. The summed E-state index contributed by atoms with van der Waals surface area (Å²) in [6.07, 6.45) is 5.52. The molecule has 0 aromatic heterocycles. The first kappa shape index (κ1) is 67.9. The smallest absolute Gasteiger partial charge is 0.335 e. The van der Waals surface area contributed by atoms with Gasteiger partial charge in [-0.3, -0.25) is 19.2 Å². The lowest BCUT2D eigenvalue weighted by Gasteiger charge is -2.35. The van der Waals surface area contributed by atoms with Gasteiger partial charge < -0.3 is 48.9 Å². The highest BCUT2D eigenvalue weighted by Gasteiger charge is 2.40. The van der Waals surface area contributed by atoms with E-state index in [1.807, 2.05) is 0 Å². The monoisotopic (exact) mass is 986 g/mol. The first-order chi connectivity index (χ1) is 31.3. The van der Waals surface area contributed by atoms with Crippen molar-refractivity contribution in [3.05, 3.63) is 75.4 Å². The van der Waals surface area contributed by atoms with Crippen molar-refractivity contribution < 1.29 is 85.8 Å². The summed E-state index contributed by atoms with van der Waals surface area (Å²) in [4.78, 5) is 115. The minimum atomic E-state index is -1.47. The summed E-state index contributed by atoms with van der Waals surface area (Å²) in [6, 6.07) is 0. The van der Waals surface area contributed by atoms with Crippen LogP contribution >= 0.6 is 12.4 Å². The van der Waals surface area contributed by atoms with E-state index in [-0.39, 0.29) is 37.6 Å². The molecule has 0 aliphatic heterocycles. The number of carbonyl (C=O) groups is 10. The summed E-state index contributed by atoms with van der Waals surface area (Å²) >= 11 is 0. The molecule has 0 rings (SSSR count). The Labute approximate surface area is 403 Å². The summed E-state index contributed by atoms with van der Waals surface area (Å²) in [6.45, 7) is 26.9. The van der Waals surface area contributed by atoms with Gasteiger partial charge in [0.15, 0.2) is 11.8 Å². The summed E-state index contributed by atoms with van der Waals surface area (Å²) in [5.74, 6) is -6.06. The Hall–Kier alpha value is -6.65. The molecule has 68 heavy (non-hydrogen) atoms. The van der Waals surface area contributed by atoms with Crippen LogP contribution in [0.4, 0.5) is 0 Å². The average Bonchev–Trinajstić information content (AvgIpc) is 3.32. The fraction of sp³-hybridized carbons (Fsp3) is 0.511. The number of ketones is 1. The highest BCUT2D eigenvalue weighted by Crippen LogP contribution is 2.26. The van der Waals surface area contributed by atoms with Crippen LogP contribution in [0.2, 0.25) is 0 Å². The molecule has 1 amide bonds. The predicted octanol–water partition coefficient (Wildman–Crippen LogP) is 2.96. The number of Topliss-reactive ketones (excluding diaryl/α,β-unsaturated/α-hetero) is 1. The first-order valence-corrected chi connectivity index (χ1v) is 20.1. The van der Waals surface area contributed by atoms with Gasteiger partial charge in [-0.05, 0) is 47.6 Å². The lowest BCUT2D eigenvalue weighted by molar-refractivity contribution is -0.170. The van der Waals surface area contributed by atoms with Crippen LogP contribution in [0.5, 0.6) is 0 Å². The molecular weight excluding hydrogens is 920 g/mol. The number of hydrogen-bond acceptors (Lipinski definition) is 21. The van der Waals surface area contributed by atoms with Crippen molar-refractivity contribution in [3.63, 3.8) is 0 Å². The summed E-state index contributed by atoms with van der Waals surface area (Å²) in [5.41, 5.74) is 0.410. The quantitative estimate of drug-likeness (QED) is 0.0192. The molecule has 23 heteroatoms. The maximum Gasteiger partial charge on any atom is 0.335 e. The van der Waals surface area contributed by atoms with Crippen LogP contribution in [0, 0.1) is 10.8 Å². The topological polar surface area (TPSA) is 307 Å². The van der Waals surface area contributed by atoms with Crippen molar-refractivity contribution in [2.75, 3.05) is 73.1 Å². The number of hydrogen-bond donors (Lipinski definition) is 2. The number of halogens is 1. The van der Waals surface area contributed by atoms with Crippen LogP contribution < -0.4 is 11.1 Å². The van der Waals surface area contributed by atoms with Crippen molar-refractivity contribution in [2.24, 2.45) is 26.8 Å². The third kappa shape index (κ3) is 30.5. The molecule has 0 aromatic rings. The normalized spacial score (nSPS) is 10.7. The van der Waals surface area contributed by atoms with E-state index < -0.39 is 116 Å². The van der Waals surface area contributed by atoms with Crippen LogP contribution in [0.3, 0.4) is 0 Å². The number of amides is 1. The van der Waals surface area contributed by atoms with Crippen LogP contribution in [-0.4, -0.2) is 144 Å². The average molecular weight is 987 g/mol. The van der Waals surface area contributed by atoms with Gasteiger partial charge in [-0.2, -0.15) is 10.2 Å². The van der Waals surface area contributed by atoms with E-state index in [0.717, 1.165) is 36.8 Å². The Bertz CT molecular complexity index is 1720. The van der Waals surface area contributed by atoms with E-state index in [4.69, 9.17) is 38.9 Å². The molecule has 22 nitrogen and oxygen atoms in total. The fourth-order valence-electron chi connectivity index (χ4n) is 3.92. The molecule has 0 unspecified atom stereocenters. The Balaban J connectivity index is -0.000000616. The molecule has 0 bridgehead atoms. The Morgan fingerprint density at radius 2 is 0.941 bits per heavy atom. The summed E-state index contributed by atoms with van der Waals surface area (Å²) in [7, 11) is 1.24. The van der Waals surface area contributed by atoms with Gasteiger partial charge in [-0.15, -0.1) is 12.4 Å². The maximum atomic E-state index is 11.9. The molecule has 0 aliphatic rings. The highest BCUT2D eigenvalue weighted by atomic mass is 35.5. The van der Waals surface area contributed by atoms with Gasteiger partial charge in [0.25, 0.3) is 0 Å². The number of carbonyl (C=O) groups excluding carboxylic acids is 10. The van der Waals surface area contributed by atoms with Gasteiger partial charge in [0.2, 0.25) is 11.7 Å². The molecule has 0 spiro atoms. The highest BCUT2D eigenvalue weighted by molar-refractivity contribution is 6.29. The van der Waals surface area contributed by atoms with Gasteiger partial charge in [-0.1, -0.05) is 46.4 Å². The van der Waals surface area contributed by atoms with E-state index in [1.54, 1.807) is 13.8 Å². The van der Waals surface area contributed by atoms with Crippen molar-refractivity contribution >= 4 is 72.2 Å². The second kappa shape index (κ2) is 36.5. The van der Waals surface area contributed by atoms with Gasteiger partial charge in [0, 0.05) is 48.9 Å². The minimum absolute atomic E-state index is 0. The molecule has 0 atom stereocenters. The predicted molar refractivity (Wildman–Crippen MR) is 248 cm³/mol. The van der Waals surface area contributed by atoms with E-state index in [1.165, 1.54) is 34.8 Å². The largest absolute Gasteiger partial charge is 0.467 e. The second-order valence-corrected chi connectivity index (χ2v) is 15.0. The first-order valence-electron chi connectivity index (χ1n) is 20.1. The number of nitrogens with two attached hydrogens (primary N) is 1. The number of rotatable bonds is 31. The Morgan fingerprint density at radius 3 is 1.22 bits per heavy atom. The zero-order valence-electron chi connectivity index (χ0n) is 39.9. The number of nitrogens with one attached hydrogen (secondary N) is 1. The number of esters is 7. The molecule has 0 radical (unpaired) electrons. The Morgan fingerprint density at radius 1 is 0.603 bits per heavy atom. The molecular formula is C45H67ClN4O18. The summed E-state index contributed by atoms with van der Waals surface area (Å²) < 4.78 is 41.4. The standard InChI is InChI=1S/C28H36O13.C10H16N2O4.C7H14N2O.ClH/c1-7-21(29)36-15-27(16-37-22(30)8-2,17-38-23(31)9-3)13-35-14-28(18-39-24(32)10-4,19-40-25(33)11-5)20-41-26(34)12-6;1-9(2,7(14)6-13)11-12-10(3,4)8(15)16-5;1-6(2)7(10)9-5-3-4-8;/h7-11H,1-5,12-20H2,6H3;6H,1-5H3;1,3-5,8H2,2H3,(H,9,10);1H. The van der Waals surface area contributed by atoms with E-state index >= 15 is 0 Å². The number of ether oxygens (including phenoxy) is 8. The second-order valence-electron chi connectivity index (χ2n) is 15.0. The van der Waals surface area contributed by atoms with E-state index in [2.05, 4.69) is 59.8 Å². The van der Waals surface area contributed by atoms with Crippen LogP contribution in [0.15, 0.2) is 85.7 Å². The lowest BCUT2D eigenvalue weighted by Crippen LogP contribution is -2.47. The molecule has 0 heterocycles. The zero-order chi connectivity index (χ0) is 52.3. The maximum absolute atomic E-state index is 11.9. The summed E-state index contributed by atoms with van der Waals surface area (Å²) in [5, 5.41) is 10.1. The van der Waals surface area contributed by atoms with Gasteiger partial charge >= 0.3 is 41.8 Å². The zero-order valence-corrected chi connectivity index (χ0v) is 40.7. The van der Waals surface area contributed by atoms with Crippen molar-refractivity contribution in [3.8, 4) is 0 Å². The Kier molecular flexibility index (Phi) is 36.4. The van der Waals surface area contributed by atoms with Crippen LogP contribution in [0.1, 0.15) is 54.4 Å². The molecule has 0 saturated carbocycles. The molecule has 0 fully saturated rings. The minimum Gasteiger partial charge on any atom is -0.467 e. The molecule has 0 aromatic carbocycles. The third-order valence-electron chi connectivity index (χ3n) is 8.08. The van der Waals surface area contributed by atoms with Crippen LogP contribution in [-0.2, 0) is 85.8 Å². The number of methoxy groups -OCH3 is 1. The molecule has 3 N–H and O–H groups in total. The van der Waals surface area contributed by atoms with Gasteiger partial charge in [0.1, 0.15) is 45.2 Å². The van der Waals surface area contributed by atoms with Crippen LogP contribution in [0.25, 0.3) is 0 Å². The van der Waals surface area contributed by atoms with E-state index in [0.29, 0.717) is 18.7 Å². The van der Waals surface area contributed by atoms with Crippen molar-refractivity contribution in [1.82, 2.24) is 5.32 Å². The molecule has 382 valence electrons. The van der Waals surface area contributed by atoms with Gasteiger partial charge in [-0.25, -0.2) is 28.8 Å². The van der Waals surface area contributed by atoms with E-state index in [9.17, 15) is 47.9 Å².